The van der Waals surface area contributed by atoms with Crippen LogP contribution in [0.25, 0.3) is 0 Å². The van der Waals surface area contributed by atoms with Crippen LogP contribution in [0.3, 0.4) is 0 Å². The average Bonchev–Trinajstić information content (AvgIpc) is 2.82. The van der Waals surface area contributed by atoms with Gasteiger partial charge >= 0.3 is 0 Å². The highest BCUT2D eigenvalue weighted by Gasteiger charge is 2.28. The Morgan fingerprint density at radius 2 is 1.67 bits per heavy atom. The minimum atomic E-state index is -3.53. The molecule has 7 nitrogen and oxygen atoms in total. The van der Waals surface area contributed by atoms with Crippen LogP contribution in [0.5, 0.6) is 11.5 Å². The number of nitrogens with one attached hydrogen (secondary N) is 1. The van der Waals surface area contributed by atoms with Gasteiger partial charge in [-0.05, 0) is 60.7 Å². The molecule has 2 aromatic rings. The fourth-order valence-electron chi connectivity index (χ4n) is 4.12. The topological polar surface area (TPSA) is 84.9 Å². The largest absolute Gasteiger partial charge is 0.486 e. The van der Waals surface area contributed by atoms with Crippen LogP contribution < -0.4 is 14.8 Å². The predicted octanol–water partition coefficient (Wildman–Crippen LogP) is 3.59. The zero-order valence-corrected chi connectivity index (χ0v) is 20.3. The lowest BCUT2D eigenvalue weighted by molar-refractivity contribution is 0.0945. The molecule has 1 fully saturated rings. The molecule has 0 bridgehead atoms. The van der Waals surface area contributed by atoms with Crippen LogP contribution in [0.15, 0.2) is 47.4 Å². The Bertz CT molecular complexity index is 1100. The van der Waals surface area contributed by atoms with E-state index in [1.807, 2.05) is 32.0 Å². The second kappa shape index (κ2) is 9.35. The van der Waals surface area contributed by atoms with Crippen LogP contribution >= 0.6 is 0 Å². The molecule has 0 aromatic heterocycles. The normalized spacial score (nSPS) is 17.5. The van der Waals surface area contributed by atoms with E-state index in [0.29, 0.717) is 44.3 Å². The minimum Gasteiger partial charge on any atom is -0.486 e. The van der Waals surface area contributed by atoms with Gasteiger partial charge in [-0.3, -0.25) is 4.79 Å². The molecule has 8 heteroatoms. The Morgan fingerprint density at radius 1 is 1.03 bits per heavy atom. The molecule has 1 N–H and O–H groups in total. The summed E-state index contributed by atoms with van der Waals surface area (Å²) in [5.41, 5.74) is 1.13. The van der Waals surface area contributed by atoms with E-state index in [4.69, 9.17) is 9.47 Å². The van der Waals surface area contributed by atoms with E-state index in [0.717, 1.165) is 29.9 Å². The smallest absolute Gasteiger partial charge is 0.251 e. The molecule has 4 rings (SSSR count). The Labute approximate surface area is 196 Å². The zero-order chi connectivity index (χ0) is 23.6. The lowest BCUT2D eigenvalue weighted by Gasteiger charge is -2.29. The first kappa shape index (κ1) is 23.6. The summed E-state index contributed by atoms with van der Waals surface area (Å²) in [4.78, 5) is 13.0. The first-order chi connectivity index (χ1) is 15.7. The maximum Gasteiger partial charge on any atom is 0.251 e. The van der Waals surface area contributed by atoms with Crippen molar-refractivity contribution in [3.63, 3.8) is 0 Å². The van der Waals surface area contributed by atoms with E-state index >= 15 is 0 Å². The quantitative estimate of drug-likeness (QED) is 0.695. The number of hydrogen-bond acceptors (Lipinski definition) is 5. The third-order valence-electron chi connectivity index (χ3n) is 6.51. The minimum absolute atomic E-state index is 0.227. The lowest BCUT2D eigenvalue weighted by Crippen LogP contribution is -2.38. The number of ether oxygens (including phenoxy) is 2. The van der Waals surface area contributed by atoms with Crippen molar-refractivity contribution in [3.05, 3.63) is 53.6 Å². The van der Waals surface area contributed by atoms with Crippen molar-refractivity contribution < 1.29 is 22.7 Å². The van der Waals surface area contributed by atoms with Crippen molar-refractivity contribution in [2.45, 2.75) is 43.9 Å². The van der Waals surface area contributed by atoms with Crippen molar-refractivity contribution in [2.24, 2.45) is 5.92 Å². The highest BCUT2D eigenvalue weighted by Crippen LogP contribution is 2.35. The second-order valence-electron chi connectivity index (χ2n) is 9.54. The van der Waals surface area contributed by atoms with E-state index < -0.39 is 10.0 Å². The standard InChI is InChI=1S/C25H32N2O5S/c1-18-10-12-27(13-11-18)33(29,30)21-7-4-19(5-8-21)24(28)26-17-25(2,3)20-6-9-22-23(16-20)32-15-14-31-22/h4-9,16,18H,10-15,17H2,1-3H3,(H,26,28). The molecule has 0 atom stereocenters. The third kappa shape index (κ3) is 5.17. The van der Waals surface area contributed by atoms with Crippen LogP contribution in [0, 0.1) is 5.92 Å². The molecular formula is C25H32N2O5S. The van der Waals surface area contributed by atoms with E-state index in [-0.39, 0.29) is 16.2 Å². The molecule has 0 spiro atoms. The van der Waals surface area contributed by atoms with Crippen LogP contribution in [0.2, 0.25) is 0 Å². The molecule has 1 amide bonds. The van der Waals surface area contributed by atoms with E-state index in [2.05, 4.69) is 12.2 Å². The van der Waals surface area contributed by atoms with Crippen LogP contribution in [0.4, 0.5) is 0 Å². The SMILES string of the molecule is CC1CCN(S(=O)(=O)c2ccc(C(=O)NCC(C)(C)c3ccc4c(c3)OCCO4)cc2)CC1. The maximum atomic E-state index is 12.9. The molecule has 33 heavy (non-hydrogen) atoms. The molecule has 2 aromatic carbocycles. The third-order valence-corrected chi connectivity index (χ3v) is 8.42. The molecule has 0 aliphatic carbocycles. The number of sulfonamides is 1. The van der Waals surface area contributed by atoms with Gasteiger partial charge in [0.15, 0.2) is 11.5 Å². The monoisotopic (exact) mass is 472 g/mol. The number of benzene rings is 2. The molecular weight excluding hydrogens is 440 g/mol. The molecule has 1 saturated heterocycles. The van der Waals surface area contributed by atoms with E-state index in [1.165, 1.54) is 16.4 Å². The molecule has 2 aliphatic heterocycles. The number of fused-ring (bicyclic) bond motifs is 1. The summed E-state index contributed by atoms with van der Waals surface area (Å²) in [6, 6.07) is 12.0. The summed E-state index contributed by atoms with van der Waals surface area (Å²) < 4.78 is 38.6. The molecule has 2 heterocycles. The average molecular weight is 473 g/mol. The summed E-state index contributed by atoms with van der Waals surface area (Å²) in [7, 11) is -3.53. The molecule has 178 valence electrons. The molecule has 0 radical (unpaired) electrons. The lowest BCUT2D eigenvalue weighted by atomic mass is 9.84. The highest BCUT2D eigenvalue weighted by molar-refractivity contribution is 7.89. The summed E-state index contributed by atoms with van der Waals surface area (Å²) in [6.45, 7) is 8.81. The molecule has 2 aliphatic rings. The fraction of sp³-hybridized carbons (Fsp3) is 0.480. The highest BCUT2D eigenvalue weighted by atomic mass is 32.2. The summed E-state index contributed by atoms with van der Waals surface area (Å²) in [5.74, 6) is 1.77. The van der Waals surface area contributed by atoms with Gasteiger partial charge in [0.2, 0.25) is 10.0 Å². The fourth-order valence-corrected chi connectivity index (χ4v) is 5.59. The Kier molecular flexibility index (Phi) is 6.68. The first-order valence-corrected chi connectivity index (χ1v) is 12.9. The predicted molar refractivity (Wildman–Crippen MR) is 126 cm³/mol. The number of nitrogens with zero attached hydrogens (tertiary/aromatic N) is 1. The van der Waals surface area contributed by atoms with E-state index in [9.17, 15) is 13.2 Å². The van der Waals surface area contributed by atoms with Gasteiger partial charge in [0, 0.05) is 30.6 Å². The number of hydrogen-bond donors (Lipinski definition) is 1. The number of rotatable bonds is 6. The summed E-state index contributed by atoms with van der Waals surface area (Å²) in [6.07, 6.45) is 1.75. The van der Waals surface area contributed by atoms with Gasteiger partial charge < -0.3 is 14.8 Å². The van der Waals surface area contributed by atoms with Crippen molar-refractivity contribution >= 4 is 15.9 Å². The summed E-state index contributed by atoms with van der Waals surface area (Å²) in [5, 5.41) is 2.97. The van der Waals surface area contributed by atoms with Crippen LogP contribution in [-0.4, -0.2) is 51.5 Å². The van der Waals surface area contributed by atoms with Crippen LogP contribution in [0.1, 0.15) is 49.5 Å². The Balaban J connectivity index is 1.39. The zero-order valence-electron chi connectivity index (χ0n) is 19.5. The van der Waals surface area contributed by atoms with Gasteiger partial charge in [-0.25, -0.2) is 8.42 Å². The van der Waals surface area contributed by atoms with Crippen molar-refractivity contribution in [1.29, 1.82) is 0 Å². The number of amides is 1. The van der Waals surface area contributed by atoms with Gasteiger partial charge in [-0.1, -0.05) is 26.8 Å². The molecule has 0 saturated carbocycles. The molecule has 0 unspecified atom stereocenters. The maximum absolute atomic E-state index is 12.9. The van der Waals surface area contributed by atoms with Gasteiger partial charge in [-0.15, -0.1) is 0 Å². The Morgan fingerprint density at radius 3 is 2.33 bits per heavy atom. The van der Waals surface area contributed by atoms with Gasteiger partial charge in [0.05, 0.1) is 4.90 Å². The van der Waals surface area contributed by atoms with Gasteiger partial charge in [0.1, 0.15) is 13.2 Å². The number of piperidine rings is 1. The van der Waals surface area contributed by atoms with E-state index in [1.54, 1.807) is 12.1 Å². The van der Waals surface area contributed by atoms with Gasteiger partial charge in [-0.2, -0.15) is 4.31 Å². The Hall–Kier alpha value is -2.58. The van der Waals surface area contributed by atoms with Crippen molar-refractivity contribution in [2.75, 3.05) is 32.8 Å². The summed E-state index contributed by atoms with van der Waals surface area (Å²) >= 11 is 0. The number of carbonyl (C=O) groups excluding carboxylic acids is 1. The second-order valence-corrected chi connectivity index (χ2v) is 11.5. The van der Waals surface area contributed by atoms with Crippen molar-refractivity contribution in [1.82, 2.24) is 9.62 Å². The first-order valence-electron chi connectivity index (χ1n) is 11.5. The van der Waals surface area contributed by atoms with Crippen LogP contribution in [-0.2, 0) is 15.4 Å². The van der Waals surface area contributed by atoms with Gasteiger partial charge in [0.25, 0.3) is 5.91 Å². The number of carbonyl (C=O) groups is 1. The van der Waals surface area contributed by atoms with Crippen molar-refractivity contribution in [3.8, 4) is 11.5 Å².